The SMILES string of the molecule is CCC(NC(=O)C1CC(c2c(F)cccc2Cl)=NO1)c1ccc(C)cc1. The molecule has 0 spiro atoms. The molecule has 0 fully saturated rings. The highest BCUT2D eigenvalue weighted by Gasteiger charge is 2.32. The molecule has 2 aromatic rings. The van der Waals surface area contributed by atoms with E-state index >= 15 is 0 Å². The first-order chi connectivity index (χ1) is 12.5. The van der Waals surface area contributed by atoms with E-state index in [1.807, 2.05) is 38.1 Å². The summed E-state index contributed by atoms with van der Waals surface area (Å²) in [5.41, 5.74) is 2.73. The lowest BCUT2D eigenvalue weighted by Gasteiger charge is -2.19. The minimum absolute atomic E-state index is 0.118. The molecule has 0 aromatic heterocycles. The molecule has 3 rings (SSSR count). The Labute approximate surface area is 157 Å². The second kappa shape index (κ2) is 7.87. The molecule has 1 N–H and O–H groups in total. The van der Waals surface area contributed by atoms with Gasteiger partial charge in [-0.1, -0.05) is 59.6 Å². The van der Waals surface area contributed by atoms with Crippen LogP contribution < -0.4 is 5.32 Å². The number of carbonyl (C=O) groups excluding carboxylic acids is 1. The van der Waals surface area contributed by atoms with E-state index in [-0.39, 0.29) is 29.0 Å². The maximum atomic E-state index is 14.0. The van der Waals surface area contributed by atoms with Gasteiger partial charge in [0, 0.05) is 6.42 Å². The molecule has 1 aliphatic heterocycles. The Bertz CT molecular complexity index is 816. The van der Waals surface area contributed by atoms with Crippen molar-refractivity contribution in [3.63, 3.8) is 0 Å². The molecule has 2 atom stereocenters. The summed E-state index contributed by atoms with van der Waals surface area (Å²) in [5.74, 6) is -0.754. The van der Waals surface area contributed by atoms with Crippen molar-refractivity contribution in [2.75, 3.05) is 0 Å². The van der Waals surface area contributed by atoms with Crippen molar-refractivity contribution < 1.29 is 14.0 Å². The highest BCUT2D eigenvalue weighted by atomic mass is 35.5. The van der Waals surface area contributed by atoms with Gasteiger partial charge in [0.05, 0.1) is 22.3 Å². The van der Waals surface area contributed by atoms with Crippen molar-refractivity contribution in [1.29, 1.82) is 0 Å². The van der Waals surface area contributed by atoms with E-state index in [0.29, 0.717) is 5.71 Å². The van der Waals surface area contributed by atoms with Gasteiger partial charge in [0.1, 0.15) is 5.82 Å². The van der Waals surface area contributed by atoms with E-state index < -0.39 is 11.9 Å². The van der Waals surface area contributed by atoms with Crippen molar-refractivity contribution in [3.05, 3.63) is 70.0 Å². The first kappa shape index (κ1) is 18.4. The quantitative estimate of drug-likeness (QED) is 0.834. The topological polar surface area (TPSA) is 50.7 Å². The summed E-state index contributed by atoms with van der Waals surface area (Å²) in [6.45, 7) is 4.02. The third kappa shape index (κ3) is 3.88. The minimum Gasteiger partial charge on any atom is -0.382 e. The van der Waals surface area contributed by atoms with Gasteiger partial charge >= 0.3 is 0 Å². The molecule has 0 radical (unpaired) electrons. The predicted octanol–water partition coefficient (Wildman–Crippen LogP) is 4.55. The molecule has 0 saturated heterocycles. The average Bonchev–Trinajstić information content (AvgIpc) is 3.10. The molecular formula is C20H20ClFN2O2. The van der Waals surface area contributed by atoms with Crippen LogP contribution in [0.5, 0.6) is 0 Å². The summed E-state index contributed by atoms with van der Waals surface area (Å²) < 4.78 is 14.0. The molecule has 0 bridgehead atoms. The van der Waals surface area contributed by atoms with E-state index in [4.69, 9.17) is 16.4 Å². The van der Waals surface area contributed by atoms with Crippen molar-refractivity contribution in [2.45, 2.75) is 38.8 Å². The lowest BCUT2D eigenvalue weighted by atomic mass is 10.0. The maximum absolute atomic E-state index is 14.0. The van der Waals surface area contributed by atoms with Crippen LogP contribution in [0.3, 0.4) is 0 Å². The van der Waals surface area contributed by atoms with Gasteiger partial charge in [-0.3, -0.25) is 4.79 Å². The van der Waals surface area contributed by atoms with Gasteiger partial charge in [0.25, 0.3) is 5.91 Å². The number of benzene rings is 2. The number of amides is 1. The van der Waals surface area contributed by atoms with Gasteiger partial charge in [-0.05, 0) is 31.0 Å². The van der Waals surface area contributed by atoms with Gasteiger partial charge in [-0.25, -0.2) is 4.39 Å². The number of aryl methyl sites for hydroxylation is 1. The van der Waals surface area contributed by atoms with Gasteiger partial charge in [-0.2, -0.15) is 0 Å². The molecule has 0 saturated carbocycles. The molecule has 0 aliphatic carbocycles. The van der Waals surface area contributed by atoms with Gasteiger partial charge in [-0.15, -0.1) is 0 Å². The number of nitrogens with zero attached hydrogens (tertiary/aromatic N) is 1. The first-order valence-electron chi connectivity index (χ1n) is 8.53. The van der Waals surface area contributed by atoms with Crippen molar-refractivity contribution in [1.82, 2.24) is 5.32 Å². The van der Waals surface area contributed by atoms with E-state index in [2.05, 4.69) is 10.5 Å². The first-order valence-corrected chi connectivity index (χ1v) is 8.91. The Hall–Kier alpha value is -2.40. The molecule has 1 amide bonds. The second-order valence-electron chi connectivity index (χ2n) is 6.31. The largest absolute Gasteiger partial charge is 0.382 e. The lowest BCUT2D eigenvalue weighted by Crippen LogP contribution is -2.37. The van der Waals surface area contributed by atoms with Crippen molar-refractivity contribution in [3.8, 4) is 0 Å². The zero-order chi connectivity index (χ0) is 18.7. The van der Waals surface area contributed by atoms with Crippen LogP contribution in [0.25, 0.3) is 0 Å². The van der Waals surface area contributed by atoms with E-state index in [1.165, 1.54) is 12.1 Å². The number of carbonyl (C=O) groups is 1. The second-order valence-corrected chi connectivity index (χ2v) is 6.72. The van der Waals surface area contributed by atoms with Crippen LogP contribution in [0.1, 0.15) is 42.5 Å². The predicted molar refractivity (Wildman–Crippen MR) is 99.8 cm³/mol. The smallest absolute Gasteiger partial charge is 0.264 e. The number of hydrogen-bond acceptors (Lipinski definition) is 3. The maximum Gasteiger partial charge on any atom is 0.264 e. The number of nitrogens with one attached hydrogen (secondary N) is 1. The molecule has 136 valence electrons. The molecular weight excluding hydrogens is 355 g/mol. The Balaban J connectivity index is 1.67. The Morgan fingerprint density at radius 1 is 1.35 bits per heavy atom. The fourth-order valence-corrected chi connectivity index (χ4v) is 3.20. The van der Waals surface area contributed by atoms with Crippen LogP contribution in [0.2, 0.25) is 5.02 Å². The fourth-order valence-electron chi connectivity index (χ4n) is 2.92. The van der Waals surface area contributed by atoms with Crippen LogP contribution in [-0.4, -0.2) is 17.7 Å². The van der Waals surface area contributed by atoms with Gasteiger partial charge in [0.2, 0.25) is 6.10 Å². The van der Waals surface area contributed by atoms with Crippen LogP contribution in [0.4, 0.5) is 4.39 Å². The van der Waals surface area contributed by atoms with E-state index in [9.17, 15) is 9.18 Å². The lowest BCUT2D eigenvalue weighted by molar-refractivity contribution is -0.132. The fraction of sp³-hybridized carbons (Fsp3) is 0.300. The van der Waals surface area contributed by atoms with E-state index in [0.717, 1.165) is 17.5 Å². The minimum atomic E-state index is -0.792. The Morgan fingerprint density at radius 3 is 2.73 bits per heavy atom. The number of oxime groups is 1. The number of rotatable bonds is 5. The number of hydrogen-bond donors (Lipinski definition) is 1. The van der Waals surface area contributed by atoms with Crippen LogP contribution in [0, 0.1) is 12.7 Å². The summed E-state index contributed by atoms with van der Waals surface area (Å²) in [7, 11) is 0. The molecule has 2 unspecified atom stereocenters. The van der Waals surface area contributed by atoms with E-state index in [1.54, 1.807) is 6.07 Å². The third-order valence-corrected chi connectivity index (χ3v) is 4.73. The Morgan fingerprint density at radius 2 is 2.08 bits per heavy atom. The summed E-state index contributed by atoms with van der Waals surface area (Å²) in [4.78, 5) is 17.8. The van der Waals surface area contributed by atoms with Crippen molar-refractivity contribution >= 4 is 23.2 Å². The highest BCUT2D eigenvalue weighted by Crippen LogP contribution is 2.26. The van der Waals surface area contributed by atoms with Gasteiger partial charge < -0.3 is 10.2 Å². The molecule has 2 aromatic carbocycles. The normalized spacial score (nSPS) is 17.4. The molecule has 4 nitrogen and oxygen atoms in total. The molecule has 26 heavy (non-hydrogen) atoms. The van der Waals surface area contributed by atoms with Crippen LogP contribution in [-0.2, 0) is 9.63 Å². The summed E-state index contributed by atoms with van der Waals surface area (Å²) in [6, 6.07) is 12.3. The Kier molecular flexibility index (Phi) is 5.57. The summed E-state index contributed by atoms with van der Waals surface area (Å²) in [6.07, 6.45) is 0.130. The van der Waals surface area contributed by atoms with Crippen LogP contribution >= 0.6 is 11.6 Å². The third-order valence-electron chi connectivity index (χ3n) is 4.42. The monoisotopic (exact) mass is 374 g/mol. The standard InChI is InChI=1S/C20H20ClFN2O2/c1-3-16(13-9-7-12(2)8-10-13)23-20(25)18-11-17(24-26-18)19-14(21)5-4-6-15(19)22/h4-10,16,18H,3,11H2,1-2H3,(H,23,25). The summed E-state index contributed by atoms with van der Waals surface area (Å²) >= 11 is 6.06. The van der Waals surface area contributed by atoms with Gasteiger partial charge in [0.15, 0.2) is 0 Å². The molecule has 6 heteroatoms. The zero-order valence-corrected chi connectivity index (χ0v) is 15.4. The highest BCUT2D eigenvalue weighted by molar-refractivity contribution is 6.34. The summed E-state index contributed by atoms with van der Waals surface area (Å²) in [5, 5.41) is 7.11. The zero-order valence-electron chi connectivity index (χ0n) is 14.6. The van der Waals surface area contributed by atoms with Crippen molar-refractivity contribution in [2.24, 2.45) is 5.16 Å². The number of halogens is 2. The average molecular weight is 375 g/mol. The van der Waals surface area contributed by atoms with Crippen LogP contribution in [0.15, 0.2) is 47.6 Å². The molecule has 1 heterocycles. The molecule has 1 aliphatic rings.